The molecule has 0 bridgehead atoms. The molecule has 7 nitrogen and oxygen atoms in total. The van der Waals surface area contributed by atoms with E-state index in [1.165, 1.54) is 0 Å². The third-order valence-corrected chi connectivity index (χ3v) is 2.13. The molecule has 0 rings (SSSR count). The molecule has 104 valence electrons. The lowest BCUT2D eigenvalue weighted by Crippen LogP contribution is -2.44. The van der Waals surface area contributed by atoms with E-state index in [0.717, 1.165) is 19.3 Å². The van der Waals surface area contributed by atoms with E-state index in [2.05, 4.69) is 22.9 Å². The summed E-state index contributed by atoms with van der Waals surface area (Å²) < 4.78 is 0. The fourth-order valence-corrected chi connectivity index (χ4v) is 1.20. The van der Waals surface area contributed by atoms with Gasteiger partial charge in [0.15, 0.2) is 0 Å². The van der Waals surface area contributed by atoms with Crippen LogP contribution >= 0.6 is 12.6 Å². The van der Waals surface area contributed by atoms with Crippen molar-refractivity contribution in [2.24, 2.45) is 0 Å². The Morgan fingerprint density at radius 1 is 1.06 bits per heavy atom. The molecule has 0 aliphatic rings. The van der Waals surface area contributed by atoms with E-state index < -0.39 is 12.0 Å². The minimum atomic E-state index is -0.952. The van der Waals surface area contributed by atoms with Gasteiger partial charge in [0, 0.05) is 12.8 Å². The first-order chi connectivity index (χ1) is 8.60. The first-order valence-electron chi connectivity index (χ1n) is 5.75. The Morgan fingerprint density at radius 3 is 2.39 bits per heavy atom. The molecule has 0 radical (unpaired) electrons. The van der Waals surface area contributed by atoms with Gasteiger partial charge < -0.3 is 4.84 Å². The first kappa shape index (κ1) is 16.6. The van der Waals surface area contributed by atoms with Gasteiger partial charge in [-0.05, 0) is 12.2 Å². The third kappa shape index (κ3) is 9.76. The zero-order valence-electron chi connectivity index (χ0n) is 10.3. The second kappa shape index (κ2) is 10.7. The maximum atomic E-state index is 11.1. The lowest BCUT2D eigenvalue weighted by Gasteiger charge is -2.07. The number of thiol groups is 1. The van der Waals surface area contributed by atoms with E-state index >= 15 is 0 Å². The number of hydrogen-bond donors (Lipinski definition) is 4. The van der Waals surface area contributed by atoms with E-state index in [-0.39, 0.29) is 12.3 Å². The summed E-state index contributed by atoms with van der Waals surface area (Å²) in [5.74, 6) is -0.395. The molecule has 0 aromatic heterocycles. The van der Waals surface area contributed by atoms with Crippen molar-refractivity contribution in [1.82, 2.24) is 16.3 Å². The monoisotopic (exact) mass is 277 g/mol. The number of unbranched alkanes of at least 4 members (excludes halogenated alkanes) is 2. The average Bonchev–Trinajstić information content (AvgIpc) is 2.34. The Kier molecular flexibility index (Phi) is 9.84. The number of nitrogens with one attached hydrogen (secondary N) is 3. The van der Waals surface area contributed by atoms with Crippen LogP contribution in [0.4, 0.5) is 4.79 Å². The Labute approximate surface area is 111 Å². The van der Waals surface area contributed by atoms with Crippen LogP contribution in [0.25, 0.3) is 0 Å². The lowest BCUT2D eigenvalue weighted by molar-refractivity contribution is -0.129. The zero-order chi connectivity index (χ0) is 13.8. The molecule has 0 fully saturated rings. The van der Waals surface area contributed by atoms with Crippen LogP contribution in [-0.2, 0) is 14.4 Å². The van der Waals surface area contributed by atoms with Crippen LogP contribution in [0.1, 0.15) is 39.0 Å². The minimum Gasteiger partial charge on any atom is -0.320 e. The second-order valence-electron chi connectivity index (χ2n) is 3.52. The van der Waals surface area contributed by atoms with Crippen molar-refractivity contribution >= 4 is 30.5 Å². The molecule has 0 aliphatic heterocycles. The number of rotatable bonds is 6. The van der Waals surface area contributed by atoms with Crippen LogP contribution in [0, 0.1) is 0 Å². The smallest absolute Gasteiger partial charge is 0.320 e. The SMILES string of the molecule is CCCCCC(=O)NOC(=O)NNC(=O)CCS. The summed E-state index contributed by atoms with van der Waals surface area (Å²) in [6.45, 7) is 2.02. The highest BCUT2D eigenvalue weighted by molar-refractivity contribution is 7.80. The highest BCUT2D eigenvalue weighted by atomic mass is 32.1. The minimum absolute atomic E-state index is 0.173. The molecule has 0 saturated heterocycles. The van der Waals surface area contributed by atoms with Crippen LogP contribution < -0.4 is 16.3 Å². The van der Waals surface area contributed by atoms with Crippen LogP contribution in [0.3, 0.4) is 0 Å². The summed E-state index contributed by atoms with van der Waals surface area (Å²) in [6, 6.07) is 0. The third-order valence-electron chi connectivity index (χ3n) is 1.91. The second-order valence-corrected chi connectivity index (χ2v) is 3.97. The Bertz CT molecular complexity index is 286. The number of hydrogen-bond acceptors (Lipinski definition) is 5. The fourth-order valence-electron chi connectivity index (χ4n) is 1.00. The van der Waals surface area contributed by atoms with E-state index in [1.54, 1.807) is 0 Å². The molecule has 3 N–H and O–H groups in total. The summed E-state index contributed by atoms with van der Waals surface area (Å²) in [5.41, 5.74) is 6.06. The number of hydroxylamine groups is 1. The molecule has 0 saturated carbocycles. The van der Waals surface area contributed by atoms with Gasteiger partial charge in [0.05, 0.1) is 0 Å². The number of amides is 3. The molecule has 8 heteroatoms. The van der Waals surface area contributed by atoms with Crippen molar-refractivity contribution in [1.29, 1.82) is 0 Å². The highest BCUT2D eigenvalue weighted by Gasteiger charge is 2.07. The number of carbonyl (C=O) groups is 3. The van der Waals surface area contributed by atoms with Crippen LogP contribution in [0.2, 0.25) is 0 Å². The molecule has 0 unspecified atom stereocenters. The van der Waals surface area contributed by atoms with E-state index in [9.17, 15) is 14.4 Å². The molecule has 0 heterocycles. The van der Waals surface area contributed by atoms with Crippen molar-refractivity contribution in [3.05, 3.63) is 0 Å². The van der Waals surface area contributed by atoms with Crippen LogP contribution in [-0.4, -0.2) is 23.7 Å². The molecule has 0 aliphatic carbocycles. The lowest BCUT2D eigenvalue weighted by atomic mass is 10.2. The molecule has 18 heavy (non-hydrogen) atoms. The summed E-state index contributed by atoms with van der Waals surface area (Å²) >= 11 is 3.85. The van der Waals surface area contributed by atoms with Gasteiger partial charge in [-0.1, -0.05) is 19.8 Å². The first-order valence-corrected chi connectivity index (χ1v) is 6.38. The van der Waals surface area contributed by atoms with Crippen molar-refractivity contribution in [3.63, 3.8) is 0 Å². The van der Waals surface area contributed by atoms with Gasteiger partial charge in [-0.2, -0.15) is 18.1 Å². The predicted molar refractivity (Wildman–Crippen MR) is 68.5 cm³/mol. The van der Waals surface area contributed by atoms with Crippen molar-refractivity contribution < 1.29 is 19.2 Å². The Balaban J connectivity index is 3.57. The van der Waals surface area contributed by atoms with Gasteiger partial charge in [-0.3, -0.25) is 15.0 Å². The molecule has 0 aromatic rings. The normalized spacial score (nSPS) is 9.44. The van der Waals surface area contributed by atoms with Gasteiger partial charge in [-0.15, -0.1) is 0 Å². The summed E-state index contributed by atoms with van der Waals surface area (Å²) in [7, 11) is 0. The van der Waals surface area contributed by atoms with Crippen molar-refractivity contribution in [3.8, 4) is 0 Å². The van der Waals surface area contributed by atoms with Gasteiger partial charge in [0.2, 0.25) is 5.91 Å². The molecule has 3 amide bonds. The van der Waals surface area contributed by atoms with Crippen LogP contribution in [0.5, 0.6) is 0 Å². The standard InChI is InChI=1S/C10H19N3O4S/c1-2-3-4-5-9(15)13-17-10(16)12-11-8(14)6-7-18/h18H,2-7H2,1H3,(H,11,14)(H,12,16)(H,13,15). The largest absolute Gasteiger partial charge is 0.450 e. The molecule has 0 atom stereocenters. The average molecular weight is 277 g/mol. The molecule has 0 aromatic carbocycles. The topological polar surface area (TPSA) is 96.5 Å². The van der Waals surface area contributed by atoms with Crippen molar-refractivity contribution in [2.45, 2.75) is 39.0 Å². The number of hydrazine groups is 1. The number of carbonyl (C=O) groups excluding carboxylic acids is 3. The zero-order valence-corrected chi connectivity index (χ0v) is 11.2. The Morgan fingerprint density at radius 2 is 1.78 bits per heavy atom. The summed E-state index contributed by atoms with van der Waals surface area (Å²) in [5, 5.41) is 0. The van der Waals surface area contributed by atoms with E-state index in [1.807, 2.05) is 17.8 Å². The van der Waals surface area contributed by atoms with Crippen LogP contribution in [0.15, 0.2) is 0 Å². The van der Waals surface area contributed by atoms with Gasteiger partial charge >= 0.3 is 6.09 Å². The quantitative estimate of drug-likeness (QED) is 0.326. The van der Waals surface area contributed by atoms with Gasteiger partial charge in [0.25, 0.3) is 5.91 Å². The maximum absolute atomic E-state index is 11.1. The molecular formula is C10H19N3O4S. The van der Waals surface area contributed by atoms with E-state index in [0.29, 0.717) is 12.2 Å². The van der Waals surface area contributed by atoms with Gasteiger partial charge in [-0.25, -0.2) is 10.2 Å². The summed E-state index contributed by atoms with van der Waals surface area (Å²) in [4.78, 5) is 37.5. The summed E-state index contributed by atoms with van der Waals surface area (Å²) in [6.07, 6.45) is 2.21. The maximum Gasteiger partial charge on any atom is 0.450 e. The fraction of sp³-hybridized carbons (Fsp3) is 0.700. The van der Waals surface area contributed by atoms with Gasteiger partial charge in [0.1, 0.15) is 0 Å². The predicted octanol–water partition coefficient (Wildman–Crippen LogP) is 0.675. The van der Waals surface area contributed by atoms with E-state index in [4.69, 9.17) is 0 Å². The highest BCUT2D eigenvalue weighted by Crippen LogP contribution is 1.97. The molecule has 0 spiro atoms. The van der Waals surface area contributed by atoms with Crippen molar-refractivity contribution in [2.75, 3.05) is 5.75 Å². The Hall–Kier alpha value is -1.44. The molecular weight excluding hydrogens is 258 g/mol.